The summed E-state index contributed by atoms with van der Waals surface area (Å²) in [6.07, 6.45) is -4.94. The van der Waals surface area contributed by atoms with Gasteiger partial charge in [-0.3, -0.25) is 24.6 Å². The number of carbonyl (C=O) groups is 4. The first-order valence-corrected chi connectivity index (χ1v) is 19.6. The molecule has 17 nitrogen and oxygen atoms in total. The van der Waals surface area contributed by atoms with Gasteiger partial charge in [-0.15, -0.1) is 11.3 Å². The molecule has 3 aromatic rings. The molecule has 2 fully saturated rings. The summed E-state index contributed by atoms with van der Waals surface area (Å²) in [5.41, 5.74) is 5.91. The molecule has 2 aliphatic rings. The van der Waals surface area contributed by atoms with Crippen molar-refractivity contribution in [3.63, 3.8) is 0 Å². The second-order valence-corrected chi connectivity index (χ2v) is 15.5. The molecule has 4 amide bonds. The zero-order valence-electron chi connectivity index (χ0n) is 32.0. The SMILES string of the molecule is C[C@H](O)[C@H](O)[C@@H](O)[C@@H](O)CNCC(=O)NCCOC[C@@]12C[C@@H]1N(C(=O)CNC(=O)c1ccc(Oc3ccc(F)cc3)cc1)[C@H](C(=O)N[C@H](C)c1cc(C(=N)N)cs1)C2. The highest BCUT2D eigenvalue weighted by Gasteiger charge is 2.67. The van der Waals surface area contributed by atoms with E-state index in [4.69, 9.17) is 20.6 Å². The summed E-state index contributed by atoms with van der Waals surface area (Å²) in [4.78, 5) is 55.2. The first-order valence-electron chi connectivity index (χ1n) is 18.7. The van der Waals surface area contributed by atoms with Gasteiger partial charge in [0.15, 0.2) is 0 Å². The van der Waals surface area contributed by atoms with Crippen molar-refractivity contribution in [1.29, 1.82) is 5.41 Å². The standard InChI is InChI=1S/C39H50FN7O10S/c1-21(30-13-24(19-58-30)36(41)42)46-38(55)28-14-39(20-56-12-11-44-32(50)17-43-16-29(49)35(53)34(52)22(2)48)15-31(39)47(28)33(51)18-45-37(54)23-3-7-26(8-4-23)57-27-9-5-25(40)6-10-27/h3-10,13,19,21-22,28-29,31,34-35,43,48-49,52-53H,11-12,14-18,20H2,1-2H3,(H3,41,42)(H,44,50)(H,45,54)(H,46,55)/t21-,22+,28+,29+,31+,34+,35+,39-/m1/s1. The number of aliphatic hydroxyl groups is 4. The second-order valence-electron chi connectivity index (χ2n) is 14.6. The number of aliphatic hydroxyl groups excluding tert-OH is 4. The molecule has 0 unspecified atom stereocenters. The number of amidine groups is 1. The summed E-state index contributed by atoms with van der Waals surface area (Å²) in [7, 11) is 0. The monoisotopic (exact) mass is 827 g/mol. The van der Waals surface area contributed by atoms with E-state index in [-0.39, 0.29) is 62.7 Å². The van der Waals surface area contributed by atoms with Crippen LogP contribution in [0.1, 0.15) is 53.5 Å². The normalized spacial score (nSPS) is 20.8. The molecule has 2 aromatic carbocycles. The summed E-state index contributed by atoms with van der Waals surface area (Å²) in [6.45, 7) is 2.77. The molecule has 314 valence electrons. The lowest BCUT2D eigenvalue weighted by molar-refractivity contribution is -0.139. The van der Waals surface area contributed by atoms with Crippen LogP contribution in [0.15, 0.2) is 60.0 Å². The van der Waals surface area contributed by atoms with E-state index in [1.54, 1.807) is 30.5 Å². The number of nitrogens with zero attached hydrogens (tertiary/aromatic N) is 1. The summed E-state index contributed by atoms with van der Waals surface area (Å²) in [5.74, 6) is -1.41. The molecule has 5 rings (SSSR count). The van der Waals surface area contributed by atoms with Crippen LogP contribution in [0.5, 0.6) is 11.5 Å². The number of ether oxygens (including phenoxy) is 2. The number of nitrogen functional groups attached to an aromatic ring is 1. The Bertz CT molecular complexity index is 1920. The Balaban J connectivity index is 1.13. The van der Waals surface area contributed by atoms with Crippen LogP contribution in [0, 0.1) is 16.6 Å². The Labute approximate surface area is 338 Å². The average Bonchev–Trinajstić information content (AvgIpc) is 3.49. The second kappa shape index (κ2) is 19.6. The number of rotatable bonds is 21. The van der Waals surface area contributed by atoms with Gasteiger partial charge < -0.3 is 61.8 Å². The molecule has 19 heteroatoms. The molecular weight excluding hydrogens is 778 g/mol. The van der Waals surface area contributed by atoms with Gasteiger partial charge in [-0.05, 0) is 81.3 Å². The number of carbonyl (C=O) groups excluding carboxylic acids is 4. The zero-order chi connectivity index (χ0) is 42.1. The number of hydrogen-bond donors (Lipinski definition) is 10. The lowest BCUT2D eigenvalue weighted by atomic mass is 10.00. The van der Waals surface area contributed by atoms with Gasteiger partial charge in [-0.2, -0.15) is 0 Å². The smallest absolute Gasteiger partial charge is 0.251 e. The Hall–Kier alpha value is -5.02. The lowest BCUT2D eigenvalue weighted by Gasteiger charge is -2.28. The van der Waals surface area contributed by atoms with Crippen molar-refractivity contribution in [2.24, 2.45) is 11.1 Å². The first kappa shape index (κ1) is 44.1. The largest absolute Gasteiger partial charge is 0.457 e. The van der Waals surface area contributed by atoms with Gasteiger partial charge in [0, 0.05) is 45.9 Å². The Morgan fingerprint density at radius 1 is 0.966 bits per heavy atom. The molecular formula is C39H50FN7O10S. The number of benzene rings is 2. The number of fused-ring (bicyclic) bond motifs is 1. The van der Waals surface area contributed by atoms with E-state index in [1.165, 1.54) is 59.6 Å². The van der Waals surface area contributed by atoms with Gasteiger partial charge in [-0.1, -0.05) is 0 Å². The van der Waals surface area contributed by atoms with Crippen molar-refractivity contribution in [2.75, 3.05) is 39.4 Å². The van der Waals surface area contributed by atoms with Crippen molar-refractivity contribution in [1.82, 2.24) is 26.2 Å². The van der Waals surface area contributed by atoms with Gasteiger partial charge in [0.05, 0.1) is 44.6 Å². The average molecular weight is 828 g/mol. The quantitative estimate of drug-likeness (QED) is 0.0390. The maximum absolute atomic E-state index is 13.8. The number of thiophene rings is 1. The third-order valence-corrected chi connectivity index (χ3v) is 11.2. The van der Waals surface area contributed by atoms with Crippen molar-refractivity contribution >= 4 is 40.8 Å². The van der Waals surface area contributed by atoms with Crippen LogP contribution in [0.4, 0.5) is 4.39 Å². The van der Waals surface area contributed by atoms with Crippen molar-refractivity contribution < 1.29 is 53.5 Å². The molecule has 11 N–H and O–H groups in total. The molecule has 58 heavy (non-hydrogen) atoms. The molecule has 8 atom stereocenters. The Morgan fingerprint density at radius 2 is 1.64 bits per heavy atom. The van der Waals surface area contributed by atoms with Gasteiger partial charge in [0.1, 0.15) is 41.4 Å². The van der Waals surface area contributed by atoms with E-state index < -0.39 is 65.5 Å². The van der Waals surface area contributed by atoms with E-state index in [0.717, 1.165) is 4.88 Å². The fourth-order valence-corrected chi connectivity index (χ4v) is 7.67. The van der Waals surface area contributed by atoms with Crippen LogP contribution in [0.3, 0.4) is 0 Å². The fraction of sp³-hybridized carbons (Fsp3) is 0.462. The molecule has 1 aliphatic carbocycles. The minimum Gasteiger partial charge on any atom is -0.457 e. The number of likely N-dealkylation sites (tertiary alicyclic amines) is 1. The number of nitrogens with one attached hydrogen (secondary N) is 5. The molecule has 0 radical (unpaired) electrons. The highest BCUT2D eigenvalue weighted by molar-refractivity contribution is 7.10. The van der Waals surface area contributed by atoms with Crippen molar-refractivity contribution in [2.45, 2.75) is 69.2 Å². The maximum Gasteiger partial charge on any atom is 0.251 e. The molecule has 0 spiro atoms. The highest BCUT2D eigenvalue weighted by atomic mass is 32.1. The van der Waals surface area contributed by atoms with Crippen LogP contribution in [-0.4, -0.2) is 131 Å². The number of piperidine rings is 1. The molecule has 2 heterocycles. The van der Waals surface area contributed by atoms with Gasteiger partial charge in [0.2, 0.25) is 17.7 Å². The zero-order valence-corrected chi connectivity index (χ0v) is 32.8. The van der Waals surface area contributed by atoms with E-state index >= 15 is 0 Å². The van der Waals surface area contributed by atoms with E-state index in [2.05, 4.69) is 21.3 Å². The fourth-order valence-electron chi connectivity index (χ4n) is 6.75. The van der Waals surface area contributed by atoms with Crippen LogP contribution in [0.25, 0.3) is 0 Å². The third-order valence-electron chi connectivity index (χ3n) is 10.1. The predicted molar refractivity (Wildman–Crippen MR) is 210 cm³/mol. The van der Waals surface area contributed by atoms with E-state index in [0.29, 0.717) is 29.9 Å². The van der Waals surface area contributed by atoms with Crippen LogP contribution in [-0.2, 0) is 19.1 Å². The minimum absolute atomic E-state index is 0.0923. The lowest BCUT2D eigenvalue weighted by Crippen LogP contribution is -2.51. The topological polar surface area (TPSA) is 269 Å². The van der Waals surface area contributed by atoms with Gasteiger partial charge in [0.25, 0.3) is 5.91 Å². The summed E-state index contributed by atoms with van der Waals surface area (Å²) < 4.78 is 24.8. The van der Waals surface area contributed by atoms with Crippen LogP contribution >= 0.6 is 11.3 Å². The summed E-state index contributed by atoms with van der Waals surface area (Å²) in [5, 5.41) is 59.3. The third kappa shape index (κ3) is 11.3. The number of amides is 4. The molecule has 1 aliphatic heterocycles. The molecule has 1 aromatic heterocycles. The predicted octanol–water partition coefficient (Wildman–Crippen LogP) is 0.116. The van der Waals surface area contributed by atoms with Crippen LogP contribution < -0.4 is 31.7 Å². The van der Waals surface area contributed by atoms with Crippen LogP contribution in [0.2, 0.25) is 0 Å². The summed E-state index contributed by atoms with van der Waals surface area (Å²) >= 11 is 1.35. The number of nitrogens with two attached hydrogens (primary N) is 1. The maximum atomic E-state index is 13.8. The van der Waals surface area contributed by atoms with E-state index in [1.807, 2.05) is 0 Å². The molecule has 1 saturated carbocycles. The molecule has 1 saturated heterocycles. The summed E-state index contributed by atoms with van der Waals surface area (Å²) in [6, 6.07) is 11.8. The minimum atomic E-state index is -1.60. The first-order chi connectivity index (χ1) is 27.6. The number of hydrogen-bond acceptors (Lipinski definition) is 13. The molecule has 0 bridgehead atoms. The number of halogens is 1. The van der Waals surface area contributed by atoms with Crippen molar-refractivity contribution in [3.8, 4) is 11.5 Å². The Kier molecular flexibility index (Phi) is 14.9. The van der Waals surface area contributed by atoms with Gasteiger partial charge >= 0.3 is 0 Å². The Morgan fingerprint density at radius 3 is 2.28 bits per heavy atom. The van der Waals surface area contributed by atoms with Gasteiger partial charge in [-0.25, -0.2) is 4.39 Å². The highest BCUT2D eigenvalue weighted by Crippen LogP contribution is 2.59. The van der Waals surface area contributed by atoms with E-state index in [9.17, 15) is 44.0 Å². The van der Waals surface area contributed by atoms with Crippen molar-refractivity contribution in [3.05, 3.63) is 81.8 Å².